The highest BCUT2D eigenvalue weighted by molar-refractivity contribution is 5.83. The van der Waals surface area contributed by atoms with Gasteiger partial charge in [0.1, 0.15) is 0 Å². The lowest BCUT2D eigenvalue weighted by Gasteiger charge is -2.27. The number of hydrogen-bond donors (Lipinski definition) is 1. The Hall–Kier alpha value is -1.38. The molecule has 0 aliphatic carbocycles. The zero-order chi connectivity index (χ0) is 14.4. The number of unbranched alkanes of at least 4 members (excludes halogenated alkanes) is 2. The molecule has 20 heavy (non-hydrogen) atoms. The van der Waals surface area contributed by atoms with Gasteiger partial charge in [0.05, 0.1) is 0 Å². The van der Waals surface area contributed by atoms with E-state index in [1.165, 1.54) is 35.6 Å². The van der Waals surface area contributed by atoms with Gasteiger partial charge in [-0.25, -0.2) is 0 Å². The van der Waals surface area contributed by atoms with Crippen LogP contribution in [0.2, 0.25) is 0 Å². The predicted octanol–water partition coefficient (Wildman–Crippen LogP) is 3.96. The van der Waals surface area contributed by atoms with Crippen LogP contribution >= 0.6 is 0 Å². The maximum absolute atomic E-state index is 6.01. The highest BCUT2D eigenvalue weighted by Gasteiger charge is 2.15. The van der Waals surface area contributed by atoms with E-state index in [-0.39, 0.29) is 0 Å². The topological polar surface area (TPSA) is 29.3 Å². The van der Waals surface area contributed by atoms with Crippen LogP contribution in [0.4, 0.5) is 0 Å². The van der Waals surface area contributed by atoms with Gasteiger partial charge in [-0.2, -0.15) is 0 Å². The second-order valence-electron chi connectivity index (χ2n) is 5.55. The predicted molar refractivity (Wildman–Crippen MR) is 87.9 cm³/mol. The van der Waals surface area contributed by atoms with Gasteiger partial charge in [0.2, 0.25) is 0 Å². The van der Waals surface area contributed by atoms with Crippen molar-refractivity contribution in [2.45, 2.75) is 32.2 Å². The van der Waals surface area contributed by atoms with Crippen molar-refractivity contribution >= 4 is 10.8 Å². The Morgan fingerprint density at radius 1 is 1.05 bits per heavy atom. The molecular formula is C18H26N2. The second-order valence-corrected chi connectivity index (χ2v) is 5.55. The lowest BCUT2D eigenvalue weighted by atomic mass is 10.0. The van der Waals surface area contributed by atoms with Crippen LogP contribution in [0.3, 0.4) is 0 Å². The lowest BCUT2D eigenvalue weighted by molar-refractivity contribution is 0.245. The average Bonchev–Trinajstić information content (AvgIpc) is 2.48. The van der Waals surface area contributed by atoms with Crippen LogP contribution in [-0.2, 0) is 0 Å². The molecule has 0 heterocycles. The van der Waals surface area contributed by atoms with E-state index >= 15 is 0 Å². The molecule has 1 atom stereocenters. The molecule has 2 N–H and O–H groups in total. The first kappa shape index (κ1) is 15.0. The molecule has 0 aliphatic rings. The van der Waals surface area contributed by atoms with Crippen molar-refractivity contribution in [3.05, 3.63) is 48.0 Å². The summed E-state index contributed by atoms with van der Waals surface area (Å²) < 4.78 is 0. The van der Waals surface area contributed by atoms with Gasteiger partial charge in [0.15, 0.2) is 0 Å². The van der Waals surface area contributed by atoms with E-state index in [1.54, 1.807) is 0 Å². The van der Waals surface area contributed by atoms with E-state index in [0.29, 0.717) is 12.6 Å². The summed E-state index contributed by atoms with van der Waals surface area (Å²) in [5.74, 6) is 0. The van der Waals surface area contributed by atoms with Gasteiger partial charge >= 0.3 is 0 Å². The van der Waals surface area contributed by atoms with Crippen LogP contribution in [0.1, 0.15) is 37.8 Å². The number of likely N-dealkylation sites (N-methyl/N-ethyl adjacent to an activating group) is 1. The van der Waals surface area contributed by atoms with Gasteiger partial charge in [-0.1, -0.05) is 56.2 Å². The fourth-order valence-electron chi connectivity index (χ4n) is 2.75. The number of nitrogens with two attached hydrogens (primary N) is 1. The summed E-state index contributed by atoms with van der Waals surface area (Å²) in [5, 5.41) is 2.59. The molecule has 0 aliphatic heterocycles. The highest BCUT2D eigenvalue weighted by atomic mass is 15.1. The molecule has 0 radical (unpaired) electrons. The maximum atomic E-state index is 6.01. The van der Waals surface area contributed by atoms with Gasteiger partial charge < -0.3 is 5.73 Å². The second kappa shape index (κ2) is 7.41. The summed E-state index contributed by atoms with van der Waals surface area (Å²) in [5.41, 5.74) is 7.34. The quantitative estimate of drug-likeness (QED) is 0.772. The fraction of sp³-hybridized carbons (Fsp3) is 0.444. The third-order valence-electron chi connectivity index (χ3n) is 4.03. The van der Waals surface area contributed by atoms with Crippen LogP contribution in [-0.4, -0.2) is 25.0 Å². The Morgan fingerprint density at radius 3 is 2.50 bits per heavy atom. The zero-order valence-electron chi connectivity index (χ0n) is 12.7. The van der Waals surface area contributed by atoms with Crippen LogP contribution in [0, 0.1) is 0 Å². The third-order valence-corrected chi connectivity index (χ3v) is 4.03. The van der Waals surface area contributed by atoms with Crippen molar-refractivity contribution in [1.29, 1.82) is 0 Å². The maximum Gasteiger partial charge on any atom is 0.0467 e. The molecule has 2 aromatic rings. The Labute approximate surface area is 122 Å². The molecular weight excluding hydrogens is 244 g/mol. The molecule has 2 aromatic carbocycles. The number of nitrogens with zero attached hydrogens (tertiary/aromatic N) is 1. The molecule has 0 spiro atoms. The Kier molecular flexibility index (Phi) is 5.57. The Bertz CT molecular complexity index is 536. The highest BCUT2D eigenvalue weighted by Crippen LogP contribution is 2.23. The van der Waals surface area contributed by atoms with E-state index in [4.69, 9.17) is 5.73 Å². The van der Waals surface area contributed by atoms with Crippen molar-refractivity contribution < 1.29 is 0 Å². The largest absolute Gasteiger partial charge is 0.329 e. The zero-order valence-corrected chi connectivity index (χ0v) is 12.7. The lowest BCUT2D eigenvalue weighted by Crippen LogP contribution is -2.31. The smallest absolute Gasteiger partial charge is 0.0467 e. The monoisotopic (exact) mass is 270 g/mol. The molecule has 0 amide bonds. The van der Waals surface area contributed by atoms with E-state index in [2.05, 4.69) is 61.3 Å². The summed E-state index contributed by atoms with van der Waals surface area (Å²) in [6.07, 6.45) is 3.80. The number of hydrogen-bond acceptors (Lipinski definition) is 2. The van der Waals surface area contributed by atoms with E-state index < -0.39 is 0 Å². The minimum absolute atomic E-state index is 0.316. The first-order valence-corrected chi connectivity index (χ1v) is 7.65. The summed E-state index contributed by atoms with van der Waals surface area (Å²) >= 11 is 0. The normalized spacial score (nSPS) is 13.0. The summed E-state index contributed by atoms with van der Waals surface area (Å²) in [6, 6.07) is 15.5. The van der Waals surface area contributed by atoms with E-state index in [0.717, 1.165) is 6.54 Å². The van der Waals surface area contributed by atoms with Crippen LogP contribution in [0.5, 0.6) is 0 Å². The first-order valence-electron chi connectivity index (χ1n) is 7.65. The summed E-state index contributed by atoms with van der Waals surface area (Å²) in [7, 11) is 2.18. The van der Waals surface area contributed by atoms with E-state index in [1.807, 2.05) is 0 Å². The van der Waals surface area contributed by atoms with Crippen LogP contribution < -0.4 is 5.73 Å². The van der Waals surface area contributed by atoms with Gasteiger partial charge in [-0.05, 0) is 42.4 Å². The molecule has 0 bridgehead atoms. The summed E-state index contributed by atoms with van der Waals surface area (Å²) in [4.78, 5) is 2.39. The molecule has 0 saturated carbocycles. The van der Waals surface area contributed by atoms with Crippen molar-refractivity contribution in [2.75, 3.05) is 20.1 Å². The van der Waals surface area contributed by atoms with Crippen molar-refractivity contribution in [3.63, 3.8) is 0 Å². The molecule has 0 saturated heterocycles. The third kappa shape index (κ3) is 3.59. The Balaban J connectivity index is 2.16. The number of rotatable bonds is 7. The van der Waals surface area contributed by atoms with Crippen LogP contribution in [0.15, 0.2) is 42.5 Å². The molecule has 0 aromatic heterocycles. The first-order chi connectivity index (χ1) is 9.76. The Morgan fingerprint density at radius 2 is 1.80 bits per heavy atom. The van der Waals surface area contributed by atoms with Crippen molar-refractivity contribution in [1.82, 2.24) is 4.90 Å². The molecule has 2 nitrogen and oxygen atoms in total. The number of fused-ring (bicyclic) bond motifs is 1. The minimum Gasteiger partial charge on any atom is -0.329 e. The van der Waals surface area contributed by atoms with Gasteiger partial charge in [0, 0.05) is 12.6 Å². The van der Waals surface area contributed by atoms with Crippen molar-refractivity contribution in [2.24, 2.45) is 5.73 Å². The SMILES string of the molecule is CCCCCN(C)C(CN)c1ccc2ccccc2c1. The summed E-state index contributed by atoms with van der Waals surface area (Å²) in [6.45, 7) is 4.02. The number of benzene rings is 2. The van der Waals surface area contributed by atoms with Crippen LogP contribution in [0.25, 0.3) is 10.8 Å². The molecule has 108 valence electrons. The molecule has 2 heteroatoms. The molecule has 2 rings (SSSR count). The van der Waals surface area contributed by atoms with Gasteiger partial charge in [0.25, 0.3) is 0 Å². The van der Waals surface area contributed by atoms with Crippen molar-refractivity contribution in [3.8, 4) is 0 Å². The van der Waals surface area contributed by atoms with E-state index in [9.17, 15) is 0 Å². The van der Waals surface area contributed by atoms with Gasteiger partial charge in [-0.3, -0.25) is 4.90 Å². The average molecular weight is 270 g/mol. The standard InChI is InChI=1S/C18H26N2/c1-3-4-7-12-20(2)18(14-19)17-11-10-15-8-5-6-9-16(15)13-17/h5-6,8-11,13,18H,3-4,7,12,14,19H2,1-2H3. The van der Waals surface area contributed by atoms with Gasteiger partial charge in [-0.15, -0.1) is 0 Å². The fourth-order valence-corrected chi connectivity index (χ4v) is 2.75. The molecule has 0 fully saturated rings. The minimum atomic E-state index is 0.316. The molecule has 1 unspecified atom stereocenters.